The number of benzene rings is 2. The molecule has 2 aromatic rings. The van der Waals surface area contributed by atoms with E-state index in [9.17, 15) is 15.8 Å². The molecule has 1 heterocycles. The van der Waals surface area contributed by atoms with Gasteiger partial charge in [-0.2, -0.15) is 15.8 Å². The SMILES string of the molecule is CN1CC=C2C(C#N)=C(N)C(C#N)(C#N)[C@H](c3ccc(-c4ccccc4)cc3)[C@H]2C1. The first kappa shape index (κ1) is 19.5. The lowest BCUT2D eigenvalue weighted by Crippen LogP contribution is -2.47. The third-order valence-corrected chi connectivity index (χ3v) is 6.22. The van der Waals surface area contributed by atoms with Gasteiger partial charge in [0.2, 0.25) is 0 Å². The summed E-state index contributed by atoms with van der Waals surface area (Å²) >= 11 is 0. The number of hydrogen-bond acceptors (Lipinski definition) is 5. The molecule has 1 aliphatic carbocycles. The molecule has 0 spiro atoms. The summed E-state index contributed by atoms with van der Waals surface area (Å²) in [6, 6.07) is 24.6. The molecule has 1 aliphatic heterocycles. The Kier molecular flexibility index (Phi) is 4.88. The smallest absolute Gasteiger partial charge is 0.191 e. The molecule has 0 saturated carbocycles. The van der Waals surface area contributed by atoms with Crippen molar-refractivity contribution in [2.75, 3.05) is 20.1 Å². The second kappa shape index (κ2) is 7.53. The molecule has 4 rings (SSSR count). The van der Waals surface area contributed by atoms with Crippen LogP contribution in [0.2, 0.25) is 0 Å². The highest BCUT2D eigenvalue weighted by Crippen LogP contribution is 2.54. The quantitative estimate of drug-likeness (QED) is 0.841. The highest BCUT2D eigenvalue weighted by molar-refractivity contribution is 5.65. The van der Waals surface area contributed by atoms with E-state index in [0.29, 0.717) is 13.1 Å². The highest BCUT2D eigenvalue weighted by atomic mass is 15.1. The van der Waals surface area contributed by atoms with Gasteiger partial charge in [0.05, 0.1) is 23.4 Å². The first-order valence-corrected chi connectivity index (χ1v) is 9.83. The fourth-order valence-corrected chi connectivity index (χ4v) is 4.71. The number of fused-ring (bicyclic) bond motifs is 1. The molecule has 0 bridgehead atoms. The number of nitrogens with zero attached hydrogens (tertiary/aromatic N) is 4. The highest BCUT2D eigenvalue weighted by Gasteiger charge is 2.54. The average molecular weight is 391 g/mol. The summed E-state index contributed by atoms with van der Waals surface area (Å²) in [5.74, 6) is -0.615. The lowest BCUT2D eigenvalue weighted by atomic mass is 9.58. The summed E-state index contributed by atoms with van der Waals surface area (Å²) < 4.78 is 0. The predicted octanol–water partition coefficient (Wildman–Crippen LogP) is 3.71. The van der Waals surface area contributed by atoms with Crippen LogP contribution in [0.25, 0.3) is 11.1 Å². The molecular weight excluding hydrogens is 370 g/mol. The van der Waals surface area contributed by atoms with Crippen LogP contribution in [-0.4, -0.2) is 25.0 Å². The normalized spacial score (nSPS) is 22.8. The minimum absolute atomic E-state index is 0.0687. The van der Waals surface area contributed by atoms with Gasteiger partial charge in [0, 0.05) is 24.9 Å². The van der Waals surface area contributed by atoms with Crippen LogP contribution in [0.1, 0.15) is 11.5 Å². The van der Waals surface area contributed by atoms with Crippen molar-refractivity contribution in [3.8, 4) is 29.3 Å². The Hall–Kier alpha value is -3.85. The van der Waals surface area contributed by atoms with Gasteiger partial charge in [-0.25, -0.2) is 0 Å². The minimum atomic E-state index is -1.58. The molecular formula is C25H21N5. The third-order valence-electron chi connectivity index (χ3n) is 6.22. The number of nitrogens with two attached hydrogens (primary N) is 1. The molecule has 0 unspecified atom stereocenters. The fourth-order valence-electron chi connectivity index (χ4n) is 4.71. The van der Waals surface area contributed by atoms with Gasteiger partial charge in [0.25, 0.3) is 0 Å². The van der Waals surface area contributed by atoms with E-state index in [1.54, 1.807) is 0 Å². The lowest BCUT2D eigenvalue weighted by molar-refractivity contribution is 0.237. The largest absolute Gasteiger partial charge is 0.399 e. The van der Waals surface area contributed by atoms with Gasteiger partial charge in [0.15, 0.2) is 5.41 Å². The van der Waals surface area contributed by atoms with E-state index in [4.69, 9.17) is 5.73 Å². The van der Waals surface area contributed by atoms with Gasteiger partial charge in [-0.05, 0) is 29.3 Å². The van der Waals surface area contributed by atoms with Crippen LogP contribution in [0.3, 0.4) is 0 Å². The maximum Gasteiger partial charge on any atom is 0.191 e. The summed E-state index contributed by atoms with van der Waals surface area (Å²) in [4.78, 5) is 2.13. The Morgan fingerprint density at radius 1 is 0.967 bits per heavy atom. The van der Waals surface area contributed by atoms with E-state index in [0.717, 1.165) is 22.3 Å². The van der Waals surface area contributed by atoms with Crippen molar-refractivity contribution in [3.63, 3.8) is 0 Å². The Morgan fingerprint density at radius 2 is 1.60 bits per heavy atom. The van der Waals surface area contributed by atoms with Gasteiger partial charge in [0.1, 0.15) is 6.07 Å². The standard InChI is InChI=1S/C25H21N5/c1-30-12-11-20-21(13-26)24(29)25(15-27,16-28)23(22(20)14-30)19-9-7-18(8-10-19)17-5-3-2-4-6-17/h2-11,22-23H,12,14,29H2,1H3/t22-,23+/m0/s1. The van der Waals surface area contributed by atoms with Gasteiger partial charge in [-0.3, -0.25) is 0 Å². The van der Waals surface area contributed by atoms with Gasteiger partial charge < -0.3 is 10.6 Å². The number of likely N-dealkylation sites (N-methyl/N-ethyl adjacent to an activating group) is 1. The van der Waals surface area contributed by atoms with Crippen molar-refractivity contribution in [2.24, 2.45) is 17.1 Å². The lowest BCUT2D eigenvalue weighted by Gasteiger charge is -2.45. The van der Waals surface area contributed by atoms with Crippen LogP contribution >= 0.6 is 0 Å². The second-order valence-electron chi connectivity index (χ2n) is 7.88. The topological polar surface area (TPSA) is 101 Å². The molecule has 2 N–H and O–H groups in total. The number of nitriles is 3. The van der Waals surface area contributed by atoms with Crippen molar-refractivity contribution in [2.45, 2.75) is 5.92 Å². The van der Waals surface area contributed by atoms with Crippen LogP contribution in [0, 0.1) is 45.3 Å². The Balaban J connectivity index is 1.89. The summed E-state index contributed by atoms with van der Waals surface area (Å²) in [5, 5.41) is 30.0. The molecule has 2 aromatic carbocycles. The molecule has 0 fully saturated rings. The fraction of sp³-hybridized carbons (Fsp3) is 0.240. The zero-order valence-electron chi connectivity index (χ0n) is 16.7. The maximum absolute atomic E-state index is 10.1. The first-order chi connectivity index (χ1) is 14.6. The van der Waals surface area contributed by atoms with Gasteiger partial charge in [-0.1, -0.05) is 60.7 Å². The van der Waals surface area contributed by atoms with E-state index in [-0.39, 0.29) is 17.2 Å². The van der Waals surface area contributed by atoms with Crippen molar-refractivity contribution in [1.82, 2.24) is 4.90 Å². The minimum Gasteiger partial charge on any atom is -0.399 e. The Morgan fingerprint density at radius 3 is 2.20 bits per heavy atom. The van der Waals surface area contributed by atoms with Crippen molar-refractivity contribution in [1.29, 1.82) is 15.8 Å². The molecule has 146 valence electrons. The summed E-state index contributed by atoms with van der Waals surface area (Å²) in [5.41, 5.74) is 9.00. The molecule has 2 atom stereocenters. The van der Waals surface area contributed by atoms with Gasteiger partial charge in [-0.15, -0.1) is 0 Å². The zero-order valence-corrected chi connectivity index (χ0v) is 16.7. The molecule has 2 aliphatic rings. The Bertz CT molecular complexity index is 1140. The molecule has 0 saturated heterocycles. The van der Waals surface area contributed by atoms with Gasteiger partial charge >= 0.3 is 0 Å². The predicted molar refractivity (Wildman–Crippen MR) is 114 cm³/mol. The maximum atomic E-state index is 10.1. The second-order valence-corrected chi connectivity index (χ2v) is 7.88. The van der Waals surface area contributed by atoms with Crippen molar-refractivity contribution >= 4 is 0 Å². The van der Waals surface area contributed by atoms with Crippen LogP contribution in [0.15, 0.2) is 77.5 Å². The van der Waals surface area contributed by atoms with E-state index in [1.807, 2.05) is 67.7 Å². The van der Waals surface area contributed by atoms with E-state index >= 15 is 0 Å². The monoisotopic (exact) mass is 391 g/mol. The molecule has 0 aromatic heterocycles. The first-order valence-electron chi connectivity index (χ1n) is 9.83. The van der Waals surface area contributed by atoms with Crippen LogP contribution < -0.4 is 5.73 Å². The van der Waals surface area contributed by atoms with Crippen molar-refractivity contribution in [3.05, 3.63) is 83.1 Å². The third kappa shape index (κ3) is 2.87. The van der Waals surface area contributed by atoms with E-state index in [1.165, 1.54) is 0 Å². The number of rotatable bonds is 2. The van der Waals surface area contributed by atoms with Crippen LogP contribution in [-0.2, 0) is 0 Å². The molecule has 0 amide bonds. The summed E-state index contributed by atoms with van der Waals surface area (Å²) in [7, 11) is 2.00. The molecule has 0 radical (unpaired) electrons. The molecule has 5 nitrogen and oxygen atoms in total. The Labute approximate surface area is 176 Å². The van der Waals surface area contributed by atoms with Crippen LogP contribution in [0.5, 0.6) is 0 Å². The van der Waals surface area contributed by atoms with E-state index in [2.05, 4.69) is 23.1 Å². The number of allylic oxidation sites excluding steroid dienone is 2. The average Bonchev–Trinajstić information content (AvgIpc) is 2.79. The molecule has 30 heavy (non-hydrogen) atoms. The summed E-state index contributed by atoms with van der Waals surface area (Å²) in [6.45, 7) is 1.36. The van der Waals surface area contributed by atoms with Crippen molar-refractivity contribution < 1.29 is 0 Å². The van der Waals surface area contributed by atoms with E-state index < -0.39 is 11.3 Å². The number of hydrogen-bond donors (Lipinski definition) is 1. The zero-order chi connectivity index (χ0) is 21.3. The molecule has 5 heteroatoms. The van der Waals surface area contributed by atoms with Crippen LogP contribution in [0.4, 0.5) is 0 Å². The summed E-state index contributed by atoms with van der Waals surface area (Å²) in [6.07, 6.45) is 2.00.